The molecule has 2 aromatic rings. The van der Waals surface area contributed by atoms with Crippen molar-refractivity contribution in [2.75, 3.05) is 25.5 Å². The van der Waals surface area contributed by atoms with E-state index in [1.54, 1.807) is 13.8 Å². The van der Waals surface area contributed by atoms with E-state index in [4.69, 9.17) is 10.5 Å². The lowest BCUT2D eigenvalue weighted by Crippen LogP contribution is -2.36. The molecule has 0 aliphatic rings. The van der Waals surface area contributed by atoms with Gasteiger partial charge < -0.3 is 26.1 Å². The number of aromatic amines is 1. The molecular weight excluding hydrogens is 328 g/mol. The van der Waals surface area contributed by atoms with Crippen molar-refractivity contribution < 1.29 is 19.1 Å². The molecule has 0 fully saturated rings. The van der Waals surface area contributed by atoms with Crippen molar-refractivity contribution in [1.82, 2.24) is 20.3 Å². The zero-order valence-corrected chi connectivity index (χ0v) is 14.2. The molecule has 0 aliphatic carbocycles. The normalized spacial score (nSPS) is 11.2. The molecule has 0 spiro atoms. The summed E-state index contributed by atoms with van der Waals surface area (Å²) in [5, 5.41) is 5.27. The number of carbonyl (C=O) groups excluding carboxylic acids is 3. The third-order valence-corrected chi connectivity index (χ3v) is 3.54. The Morgan fingerprint density at radius 1 is 1.36 bits per heavy atom. The first-order valence-electron chi connectivity index (χ1n) is 7.50. The molecule has 2 rings (SSSR count). The first kappa shape index (κ1) is 18.2. The van der Waals surface area contributed by atoms with Crippen LogP contribution < -0.4 is 16.4 Å². The van der Waals surface area contributed by atoms with Crippen LogP contribution in [0.5, 0.6) is 0 Å². The van der Waals surface area contributed by atoms with Crippen molar-refractivity contribution in [1.29, 1.82) is 0 Å². The lowest BCUT2D eigenvalue weighted by Gasteiger charge is -2.19. The van der Waals surface area contributed by atoms with Crippen LogP contribution in [0.25, 0.3) is 11.2 Å². The minimum Gasteiger partial charge on any atom is -0.461 e. The number of fused-ring (bicyclic) bond motifs is 1. The van der Waals surface area contributed by atoms with Crippen molar-refractivity contribution in [3.63, 3.8) is 0 Å². The highest BCUT2D eigenvalue weighted by molar-refractivity contribution is 6.01. The number of nitrogens with two attached hydrogens (primary N) is 1. The lowest BCUT2D eigenvalue weighted by molar-refractivity contribution is -0.128. The molecule has 0 aromatic carbocycles. The summed E-state index contributed by atoms with van der Waals surface area (Å²) in [7, 11) is 1.52. The van der Waals surface area contributed by atoms with Crippen molar-refractivity contribution >= 4 is 34.8 Å². The summed E-state index contributed by atoms with van der Waals surface area (Å²) < 4.78 is 5.16. The van der Waals surface area contributed by atoms with E-state index in [1.165, 1.54) is 19.4 Å². The fourth-order valence-corrected chi connectivity index (χ4v) is 1.79. The van der Waals surface area contributed by atoms with Gasteiger partial charge in [0.1, 0.15) is 23.5 Å². The van der Waals surface area contributed by atoms with Crippen LogP contribution >= 0.6 is 0 Å². The summed E-state index contributed by atoms with van der Waals surface area (Å²) in [5.41, 5.74) is 5.14. The van der Waals surface area contributed by atoms with E-state index in [1.807, 2.05) is 0 Å². The van der Waals surface area contributed by atoms with Gasteiger partial charge in [0, 0.05) is 13.2 Å². The molecule has 0 bridgehead atoms. The zero-order valence-electron chi connectivity index (χ0n) is 14.2. The number of hydrogen-bond donors (Lipinski definition) is 4. The first-order valence-corrected chi connectivity index (χ1v) is 7.50. The molecule has 2 amide bonds. The maximum atomic E-state index is 12.3. The molecule has 0 atom stereocenters. The Bertz CT molecular complexity index is 813. The van der Waals surface area contributed by atoms with Crippen molar-refractivity contribution in [2.24, 2.45) is 11.1 Å². The summed E-state index contributed by atoms with van der Waals surface area (Å²) in [6.45, 7) is 3.03. The Morgan fingerprint density at radius 2 is 2.08 bits per heavy atom. The van der Waals surface area contributed by atoms with Crippen LogP contribution in [0, 0.1) is 5.41 Å². The molecule has 10 heteroatoms. The number of aromatic nitrogens is 3. The van der Waals surface area contributed by atoms with Crippen LogP contribution in [0.2, 0.25) is 0 Å². The molecule has 0 saturated carbocycles. The molecular formula is C15H20N6O4. The number of ether oxygens (including phenoxy) is 1. The quantitative estimate of drug-likeness (QED) is 0.505. The number of nitrogens with zero attached hydrogens (tertiary/aromatic N) is 2. The fourth-order valence-electron chi connectivity index (χ4n) is 1.79. The smallest absolute Gasteiger partial charge is 0.342 e. The van der Waals surface area contributed by atoms with Gasteiger partial charge in [0.2, 0.25) is 11.8 Å². The number of nitrogens with one attached hydrogen (secondary N) is 3. The van der Waals surface area contributed by atoms with Gasteiger partial charge in [-0.3, -0.25) is 9.59 Å². The molecule has 0 aliphatic heterocycles. The van der Waals surface area contributed by atoms with Gasteiger partial charge >= 0.3 is 5.97 Å². The average molecular weight is 348 g/mol. The Morgan fingerprint density at radius 3 is 2.72 bits per heavy atom. The van der Waals surface area contributed by atoms with E-state index in [0.29, 0.717) is 17.0 Å². The van der Waals surface area contributed by atoms with Crippen LogP contribution in [0.3, 0.4) is 0 Å². The van der Waals surface area contributed by atoms with Gasteiger partial charge in [0.05, 0.1) is 18.2 Å². The predicted molar refractivity (Wildman–Crippen MR) is 89.7 cm³/mol. The highest BCUT2D eigenvalue weighted by Crippen LogP contribution is 2.19. The number of hydrogen-bond acceptors (Lipinski definition) is 7. The molecule has 5 N–H and O–H groups in total. The highest BCUT2D eigenvalue weighted by Gasteiger charge is 2.28. The second kappa shape index (κ2) is 7.16. The Kier molecular flexibility index (Phi) is 5.20. The second-order valence-electron chi connectivity index (χ2n) is 6.01. The molecule has 2 aromatic heterocycles. The van der Waals surface area contributed by atoms with Gasteiger partial charge in [-0.1, -0.05) is 0 Å². The number of likely N-dealkylation sites (N-methyl/N-ethyl adjacent to an activating group) is 1. The maximum Gasteiger partial charge on any atom is 0.342 e. The Labute approximate surface area is 143 Å². The van der Waals surface area contributed by atoms with Crippen LogP contribution in [0.15, 0.2) is 12.4 Å². The Hall–Kier alpha value is -3.17. The summed E-state index contributed by atoms with van der Waals surface area (Å²) in [4.78, 5) is 46.0. The number of carbonyl (C=O) groups is 3. The lowest BCUT2D eigenvalue weighted by atomic mass is 9.94. The summed E-state index contributed by atoms with van der Waals surface area (Å²) in [6.07, 6.45) is 2.86. The van der Waals surface area contributed by atoms with Gasteiger partial charge in [-0.25, -0.2) is 14.8 Å². The standard InChI is InChI=1S/C15H20N6O4/c1-15(2,14(16)24)7-25-13(23)8-4-19-12-11(8)21-9(5-20-12)18-6-10(22)17-3/h4-5H,6-7H2,1-3H3,(H2,16,24)(H,17,22)(H,18,21)(H,19,20). The van der Waals surface area contributed by atoms with E-state index in [9.17, 15) is 14.4 Å². The number of anilines is 1. The van der Waals surface area contributed by atoms with Gasteiger partial charge in [-0.05, 0) is 13.8 Å². The molecule has 10 nitrogen and oxygen atoms in total. The molecule has 0 radical (unpaired) electrons. The molecule has 25 heavy (non-hydrogen) atoms. The minimum absolute atomic E-state index is 0.0215. The van der Waals surface area contributed by atoms with E-state index in [2.05, 4.69) is 25.6 Å². The van der Waals surface area contributed by atoms with Crippen molar-refractivity contribution in [3.05, 3.63) is 18.0 Å². The highest BCUT2D eigenvalue weighted by atomic mass is 16.5. The van der Waals surface area contributed by atoms with Crippen LogP contribution in [0.1, 0.15) is 24.2 Å². The van der Waals surface area contributed by atoms with Gasteiger partial charge in [0.25, 0.3) is 0 Å². The topological polar surface area (TPSA) is 152 Å². The summed E-state index contributed by atoms with van der Waals surface area (Å²) in [6, 6.07) is 0. The number of H-pyrrole nitrogens is 1. The largest absolute Gasteiger partial charge is 0.461 e. The SMILES string of the molecule is CNC(=O)CNc1cnc2[nH]cc(C(=O)OCC(C)(C)C(N)=O)c2n1. The van der Waals surface area contributed by atoms with Crippen LogP contribution in [-0.4, -0.2) is 52.9 Å². The van der Waals surface area contributed by atoms with Crippen molar-refractivity contribution in [3.8, 4) is 0 Å². The van der Waals surface area contributed by atoms with Gasteiger partial charge in [-0.2, -0.15) is 0 Å². The van der Waals surface area contributed by atoms with E-state index >= 15 is 0 Å². The fraction of sp³-hybridized carbons (Fsp3) is 0.400. The number of rotatable bonds is 7. The predicted octanol–water partition coefficient (Wildman–Crippen LogP) is -0.216. The third-order valence-electron chi connectivity index (χ3n) is 3.54. The molecule has 134 valence electrons. The summed E-state index contributed by atoms with van der Waals surface area (Å²) in [5.74, 6) is -1.11. The molecule has 0 unspecified atom stereocenters. The number of amides is 2. The first-order chi connectivity index (χ1) is 11.7. The van der Waals surface area contributed by atoms with E-state index in [0.717, 1.165) is 0 Å². The van der Waals surface area contributed by atoms with Gasteiger partial charge in [0.15, 0.2) is 5.65 Å². The van der Waals surface area contributed by atoms with Crippen LogP contribution in [0.4, 0.5) is 5.82 Å². The third kappa shape index (κ3) is 4.22. The molecule has 2 heterocycles. The van der Waals surface area contributed by atoms with Crippen molar-refractivity contribution in [2.45, 2.75) is 13.8 Å². The monoisotopic (exact) mass is 348 g/mol. The minimum atomic E-state index is -0.978. The van der Waals surface area contributed by atoms with E-state index in [-0.39, 0.29) is 24.6 Å². The average Bonchev–Trinajstić information content (AvgIpc) is 3.00. The maximum absolute atomic E-state index is 12.3. The number of primary amides is 1. The zero-order chi connectivity index (χ0) is 18.6. The number of esters is 1. The second-order valence-corrected chi connectivity index (χ2v) is 6.01. The van der Waals surface area contributed by atoms with Crippen LogP contribution in [-0.2, 0) is 14.3 Å². The van der Waals surface area contributed by atoms with Gasteiger partial charge in [-0.15, -0.1) is 0 Å². The van der Waals surface area contributed by atoms with E-state index < -0.39 is 17.3 Å². The molecule has 0 saturated heterocycles. The Balaban J connectivity index is 2.16. The summed E-state index contributed by atoms with van der Waals surface area (Å²) >= 11 is 0.